The number of imide groups is 1. The third kappa shape index (κ3) is 6.97. The molecule has 5 aliphatic rings. The normalized spacial score (nSPS) is 23.1. The van der Waals surface area contributed by atoms with Gasteiger partial charge in [0.15, 0.2) is 0 Å². The molecule has 0 aliphatic carbocycles. The first-order chi connectivity index (χ1) is 27.3. The van der Waals surface area contributed by atoms with E-state index in [0.29, 0.717) is 36.7 Å². The smallest absolute Gasteiger partial charge is 0.255 e. The molecular formula is C45H48FN5O5. The van der Waals surface area contributed by atoms with Gasteiger partial charge < -0.3 is 24.2 Å². The number of nitrogens with one attached hydrogen (secondary N) is 1. The molecule has 56 heavy (non-hydrogen) atoms. The number of ether oxygens (including phenoxy) is 2. The fraction of sp³-hybridized carbons (Fsp3) is 0.400. The standard InChI is InChI=1S/C45H48FN5O5/c1-55-34-9-11-36-41(25-34)56-28-37(30-5-3-2-4-6-30)43(36)31-7-12-39(38(46)24-31)50-17-15-29(16-18-50)26-48-19-21-49(22-20-48)33-8-10-35-32(23-33)27-51(45(35)54)40-13-14-42(52)47-44(40)53/h2-12,23-25,29,37,40,43H,13-22,26-28H2,1H3,(H,47,52,53)/t37?,40-,43?/m0/s1. The van der Waals surface area contributed by atoms with E-state index in [1.165, 1.54) is 5.56 Å². The van der Waals surface area contributed by atoms with Crippen molar-refractivity contribution in [3.05, 3.63) is 119 Å². The maximum atomic E-state index is 16.1. The van der Waals surface area contributed by atoms with Gasteiger partial charge in [0.2, 0.25) is 11.8 Å². The summed E-state index contributed by atoms with van der Waals surface area (Å²) >= 11 is 0. The monoisotopic (exact) mass is 757 g/mol. The van der Waals surface area contributed by atoms with E-state index in [9.17, 15) is 14.4 Å². The largest absolute Gasteiger partial charge is 0.497 e. The molecule has 1 N–H and O–H groups in total. The number of hydrogen-bond acceptors (Lipinski definition) is 8. The number of piperazine rings is 1. The Bertz CT molecular complexity index is 2130. The van der Waals surface area contributed by atoms with Crippen LogP contribution in [-0.2, 0) is 16.1 Å². The Balaban J connectivity index is 0.798. The number of nitrogens with zero attached hydrogens (tertiary/aromatic N) is 4. The lowest BCUT2D eigenvalue weighted by Gasteiger charge is -2.40. The van der Waals surface area contributed by atoms with Gasteiger partial charge in [0.25, 0.3) is 5.91 Å². The van der Waals surface area contributed by atoms with Gasteiger partial charge in [-0.1, -0.05) is 42.5 Å². The zero-order valence-electron chi connectivity index (χ0n) is 31.8. The summed E-state index contributed by atoms with van der Waals surface area (Å²) in [6.07, 6.45) is 2.66. The molecule has 10 nitrogen and oxygen atoms in total. The molecule has 4 aromatic carbocycles. The Morgan fingerprint density at radius 2 is 1.62 bits per heavy atom. The number of anilines is 2. The second-order valence-corrected chi connectivity index (χ2v) is 15.9. The summed E-state index contributed by atoms with van der Waals surface area (Å²) in [4.78, 5) is 46.0. The van der Waals surface area contributed by atoms with Crippen molar-refractivity contribution in [2.75, 3.05) is 69.3 Å². The van der Waals surface area contributed by atoms with E-state index in [-0.39, 0.29) is 41.8 Å². The highest BCUT2D eigenvalue weighted by molar-refractivity contribution is 6.05. The van der Waals surface area contributed by atoms with E-state index >= 15 is 4.39 Å². The van der Waals surface area contributed by atoms with Crippen LogP contribution in [0.2, 0.25) is 0 Å². The quantitative estimate of drug-likeness (QED) is 0.221. The van der Waals surface area contributed by atoms with E-state index in [1.807, 2.05) is 48.5 Å². The first kappa shape index (κ1) is 36.2. The number of halogens is 1. The lowest BCUT2D eigenvalue weighted by molar-refractivity contribution is -0.136. The van der Waals surface area contributed by atoms with Crippen LogP contribution in [0.25, 0.3) is 0 Å². The molecule has 0 bridgehead atoms. The number of piperidine rings is 2. The molecule has 5 aliphatic heterocycles. The molecule has 0 aromatic heterocycles. The molecule has 5 heterocycles. The van der Waals surface area contributed by atoms with Crippen LogP contribution in [0.5, 0.6) is 11.5 Å². The molecule has 2 unspecified atom stereocenters. The molecule has 0 radical (unpaired) electrons. The average Bonchev–Trinajstić information content (AvgIpc) is 3.55. The molecule has 3 atom stereocenters. The Morgan fingerprint density at radius 1 is 0.821 bits per heavy atom. The minimum atomic E-state index is -0.606. The van der Waals surface area contributed by atoms with E-state index in [2.05, 4.69) is 50.3 Å². The van der Waals surface area contributed by atoms with Gasteiger partial charge in [-0.3, -0.25) is 24.6 Å². The highest BCUT2D eigenvalue weighted by Gasteiger charge is 2.40. The Morgan fingerprint density at radius 3 is 2.38 bits per heavy atom. The molecular weight excluding hydrogens is 710 g/mol. The van der Waals surface area contributed by atoms with Crippen molar-refractivity contribution >= 4 is 29.1 Å². The summed E-state index contributed by atoms with van der Waals surface area (Å²) in [7, 11) is 1.65. The molecule has 3 amide bonds. The first-order valence-corrected chi connectivity index (χ1v) is 20.0. The second kappa shape index (κ2) is 15.3. The number of methoxy groups -OCH3 is 1. The van der Waals surface area contributed by atoms with Crippen molar-refractivity contribution in [3.8, 4) is 11.5 Å². The molecule has 3 saturated heterocycles. The SMILES string of the molecule is COc1ccc2c(c1)OCC(c1ccccc1)C2c1ccc(N2CCC(CN3CCN(c4ccc5c(c4)CN([C@H]4CCC(=O)NC4=O)C5=O)CC3)CC2)c(F)c1. The Kier molecular flexibility index (Phi) is 9.87. The summed E-state index contributed by atoms with van der Waals surface area (Å²) in [6, 6.07) is 27.5. The highest BCUT2D eigenvalue weighted by atomic mass is 19.1. The topological polar surface area (TPSA) is 94.7 Å². The summed E-state index contributed by atoms with van der Waals surface area (Å²) in [6.45, 7) is 7.31. The molecule has 9 rings (SSSR count). The second-order valence-electron chi connectivity index (χ2n) is 15.9. The summed E-state index contributed by atoms with van der Waals surface area (Å²) in [5, 5.41) is 2.38. The molecule has 0 saturated carbocycles. The number of rotatable bonds is 8. The summed E-state index contributed by atoms with van der Waals surface area (Å²) in [5.74, 6) is 1.11. The van der Waals surface area contributed by atoms with Crippen LogP contribution in [0.15, 0.2) is 84.9 Å². The minimum absolute atomic E-state index is 0.0518. The van der Waals surface area contributed by atoms with Gasteiger partial charge in [0.05, 0.1) is 19.4 Å². The highest BCUT2D eigenvalue weighted by Crippen LogP contribution is 2.47. The van der Waals surface area contributed by atoms with Gasteiger partial charge in [-0.25, -0.2) is 4.39 Å². The maximum Gasteiger partial charge on any atom is 0.255 e. The lowest BCUT2D eigenvalue weighted by atomic mass is 9.76. The van der Waals surface area contributed by atoms with Gasteiger partial charge in [0.1, 0.15) is 23.4 Å². The third-order valence-electron chi connectivity index (χ3n) is 12.7. The predicted octanol–water partition coefficient (Wildman–Crippen LogP) is 5.94. The predicted molar refractivity (Wildman–Crippen MR) is 212 cm³/mol. The van der Waals surface area contributed by atoms with E-state index in [0.717, 1.165) is 92.5 Å². The number of fused-ring (bicyclic) bond motifs is 2. The van der Waals surface area contributed by atoms with Crippen LogP contribution < -0.4 is 24.6 Å². The van der Waals surface area contributed by atoms with E-state index < -0.39 is 6.04 Å². The number of hydrogen-bond donors (Lipinski definition) is 1. The van der Waals surface area contributed by atoms with Gasteiger partial charge in [0, 0.05) is 93.5 Å². The first-order valence-electron chi connectivity index (χ1n) is 20.0. The third-order valence-corrected chi connectivity index (χ3v) is 12.7. The van der Waals surface area contributed by atoms with Gasteiger partial charge in [-0.05, 0) is 78.3 Å². The molecule has 3 fully saturated rings. The van der Waals surface area contributed by atoms with E-state index in [4.69, 9.17) is 9.47 Å². The van der Waals surface area contributed by atoms with Crippen molar-refractivity contribution in [2.24, 2.45) is 5.92 Å². The van der Waals surface area contributed by atoms with Crippen molar-refractivity contribution in [3.63, 3.8) is 0 Å². The van der Waals surface area contributed by atoms with Crippen molar-refractivity contribution < 1.29 is 28.2 Å². The fourth-order valence-electron chi connectivity index (χ4n) is 9.56. The molecule has 0 spiro atoms. The Labute approximate surface area is 327 Å². The fourth-order valence-corrected chi connectivity index (χ4v) is 9.56. The summed E-state index contributed by atoms with van der Waals surface area (Å²) in [5.41, 5.74) is 6.52. The number of amides is 3. The Hall–Kier alpha value is -5.42. The number of benzene rings is 4. The maximum absolute atomic E-state index is 16.1. The van der Waals surface area contributed by atoms with Crippen LogP contribution >= 0.6 is 0 Å². The molecule has 4 aromatic rings. The van der Waals surface area contributed by atoms with Crippen molar-refractivity contribution in [1.82, 2.24) is 15.1 Å². The van der Waals surface area contributed by atoms with Crippen LogP contribution in [0.4, 0.5) is 15.8 Å². The van der Waals surface area contributed by atoms with Crippen LogP contribution in [0, 0.1) is 11.7 Å². The average molecular weight is 758 g/mol. The zero-order chi connectivity index (χ0) is 38.3. The molecule has 11 heteroatoms. The number of carbonyl (C=O) groups is 3. The van der Waals surface area contributed by atoms with Gasteiger partial charge in [-0.15, -0.1) is 0 Å². The lowest BCUT2D eigenvalue weighted by Crippen LogP contribution is -2.52. The van der Waals surface area contributed by atoms with E-state index in [1.54, 1.807) is 18.1 Å². The van der Waals surface area contributed by atoms with Crippen LogP contribution in [-0.4, -0.2) is 93.1 Å². The van der Waals surface area contributed by atoms with Crippen LogP contribution in [0.3, 0.4) is 0 Å². The van der Waals surface area contributed by atoms with Gasteiger partial charge in [-0.2, -0.15) is 0 Å². The van der Waals surface area contributed by atoms with Crippen LogP contribution in [0.1, 0.15) is 70.1 Å². The summed E-state index contributed by atoms with van der Waals surface area (Å²) < 4.78 is 27.9. The zero-order valence-corrected chi connectivity index (χ0v) is 31.8. The van der Waals surface area contributed by atoms with Crippen molar-refractivity contribution in [2.45, 2.75) is 50.1 Å². The molecule has 290 valence electrons. The minimum Gasteiger partial charge on any atom is -0.497 e. The van der Waals surface area contributed by atoms with Crippen molar-refractivity contribution in [1.29, 1.82) is 0 Å². The number of carbonyl (C=O) groups excluding carboxylic acids is 3. The van der Waals surface area contributed by atoms with Gasteiger partial charge >= 0.3 is 0 Å².